The van der Waals surface area contributed by atoms with Gasteiger partial charge in [-0.25, -0.2) is 0 Å². The fourth-order valence-electron chi connectivity index (χ4n) is 2.18. The van der Waals surface area contributed by atoms with Gasteiger partial charge in [-0.05, 0) is 25.0 Å². The van der Waals surface area contributed by atoms with Gasteiger partial charge in [0.2, 0.25) is 0 Å². The van der Waals surface area contributed by atoms with Crippen molar-refractivity contribution in [3.63, 3.8) is 0 Å². The van der Waals surface area contributed by atoms with Crippen molar-refractivity contribution in [2.75, 3.05) is 0 Å². The predicted octanol–water partition coefficient (Wildman–Crippen LogP) is 2.70. The minimum absolute atomic E-state index is 0.0279. The van der Waals surface area contributed by atoms with Gasteiger partial charge in [0, 0.05) is 22.0 Å². The number of ether oxygens (including phenoxy) is 1. The molecule has 0 saturated carbocycles. The highest BCUT2D eigenvalue weighted by Gasteiger charge is 2.27. The Labute approximate surface area is 120 Å². The molecular formula is C13H14Cl2O4. The second kappa shape index (κ2) is 5.99. The van der Waals surface area contributed by atoms with Gasteiger partial charge in [0.15, 0.2) is 0 Å². The minimum Gasteiger partial charge on any atom is -0.508 e. The molecule has 1 aromatic carbocycles. The van der Waals surface area contributed by atoms with Crippen LogP contribution in [-0.4, -0.2) is 28.4 Å². The number of phenolic OH excluding ortho intramolecular Hbond substituents is 1. The molecule has 1 aliphatic heterocycles. The summed E-state index contributed by atoms with van der Waals surface area (Å²) in [5.41, 5.74) is 0.571. The smallest absolute Gasteiger partial charge is 0.308 e. The molecular weight excluding hydrogens is 291 g/mol. The first kappa shape index (κ1) is 14.4. The van der Waals surface area contributed by atoms with E-state index in [0.29, 0.717) is 34.9 Å². The molecule has 2 rings (SSSR count). The molecule has 0 amide bonds. The Morgan fingerprint density at radius 2 is 2.11 bits per heavy atom. The Hall–Kier alpha value is -0.970. The van der Waals surface area contributed by atoms with E-state index in [9.17, 15) is 15.0 Å². The molecule has 1 aromatic rings. The number of hydrogen-bond donors (Lipinski definition) is 2. The SMILES string of the molecule is O=C1C[C@@H](O)C[C@H](CCc2c(O)cc(Cl)cc2Cl)O1. The molecule has 0 aliphatic carbocycles. The van der Waals surface area contributed by atoms with Gasteiger partial charge in [-0.15, -0.1) is 0 Å². The van der Waals surface area contributed by atoms with E-state index in [1.807, 2.05) is 0 Å². The Morgan fingerprint density at radius 3 is 2.74 bits per heavy atom. The normalized spacial score (nSPS) is 23.2. The lowest BCUT2D eigenvalue weighted by Crippen LogP contribution is -2.32. The highest BCUT2D eigenvalue weighted by Crippen LogP contribution is 2.32. The van der Waals surface area contributed by atoms with Gasteiger partial charge in [0.1, 0.15) is 11.9 Å². The number of esters is 1. The average Bonchev–Trinajstić information content (AvgIpc) is 2.25. The van der Waals surface area contributed by atoms with Crippen LogP contribution in [-0.2, 0) is 16.0 Å². The first-order valence-electron chi connectivity index (χ1n) is 6.00. The van der Waals surface area contributed by atoms with Crippen molar-refractivity contribution in [1.82, 2.24) is 0 Å². The zero-order valence-electron chi connectivity index (χ0n) is 10.1. The molecule has 6 heteroatoms. The molecule has 1 fully saturated rings. The molecule has 0 radical (unpaired) electrons. The number of phenols is 1. The lowest BCUT2D eigenvalue weighted by atomic mass is 9.99. The summed E-state index contributed by atoms with van der Waals surface area (Å²) in [5, 5.41) is 20.0. The van der Waals surface area contributed by atoms with Crippen LogP contribution >= 0.6 is 23.2 Å². The van der Waals surface area contributed by atoms with Gasteiger partial charge >= 0.3 is 5.97 Å². The van der Waals surface area contributed by atoms with Crippen LogP contribution in [0.2, 0.25) is 10.0 Å². The van der Waals surface area contributed by atoms with Crippen molar-refractivity contribution in [3.05, 3.63) is 27.7 Å². The number of carbonyl (C=O) groups excluding carboxylic acids is 1. The maximum Gasteiger partial charge on any atom is 0.308 e. The van der Waals surface area contributed by atoms with Gasteiger partial charge in [-0.2, -0.15) is 0 Å². The molecule has 1 saturated heterocycles. The van der Waals surface area contributed by atoms with Crippen LogP contribution in [0, 0.1) is 0 Å². The fraction of sp³-hybridized carbons (Fsp3) is 0.462. The summed E-state index contributed by atoms with van der Waals surface area (Å²) in [6.45, 7) is 0. The topological polar surface area (TPSA) is 66.8 Å². The monoisotopic (exact) mass is 304 g/mol. The third kappa shape index (κ3) is 3.75. The number of aromatic hydroxyl groups is 1. The first-order chi connectivity index (χ1) is 8.95. The molecule has 0 unspecified atom stereocenters. The maximum absolute atomic E-state index is 11.2. The molecule has 0 bridgehead atoms. The van der Waals surface area contributed by atoms with E-state index in [1.54, 1.807) is 6.07 Å². The van der Waals surface area contributed by atoms with Gasteiger partial charge in [-0.3, -0.25) is 4.79 Å². The number of aliphatic hydroxyl groups excluding tert-OH is 1. The number of benzene rings is 1. The summed E-state index contributed by atoms with van der Waals surface area (Å²) in [6.07, 6.45) is 0.411. The molecule has 0 spiro atoms. The first-order valence-corrected chi connectivity index (χ1v) is 6.75. The lowest BCUT2D eigenvalue weighted by molar-refractivity contribution is -0.160. The van der Waals surface area contributed by atoms with Gasteiger partial charge in [-0.1, -0.05) is 23.2 Å². The van der Waals surface area contributed by atoms with Crippen LogP contribution in [0.25, 0.3) is 0 Å². The Morgan fingerprint density at radius 1 is 1.37 bits per heavy atom. The quantitative estimate of drug-likeness (QED) is 0.843. The van der Waals surface area contributed by atoms with Gasteiger partial charge in [0.25, 0.3) is 0 Å². The van der Waals surface area contributed by atoms with E-state index in [2.05, 4.69) is 0 Å². The van der Waals surface area contributed by atoms with Crippen molar-refractivity contribution in [3.8, 4) is 5.75 Å². The van der Waals surface area contributed by atoms with Crippen LogP contribution in [0.5, 0.6) is 5.75 Å². The summed E-state index contributed by atoms with van der Waals surface area (Å²) in [5.74, 6) is -0.365. The third-order valence-electron chi connectivity index (χ3n) is 3.09. The molecule has 4 nitrogen and oxygen atoms in total. The maximum atomic E-state index is 11.2. The zero-order chi connectivity index (χ0) is 14.0. The standard InChI is InChI=1S/C13H14Cl2O4/c14-7-3-11(15)10(12(17)4-7)2-1-9-5-8(16)6-13(18)19-9/h3-4,8-9,16-17H,1-2,5-6H2/t8-,9-/m0/s1. The number of halogens is 2. The largest absolute Gasteiger partial charge is 0.508 e. The molecule has 1 aliphatic rings. The minimum atomic E-state index is -0.652. The van der Waals surface area contributed by atoms with E-state index in [4.69, 9.17) is 27.9 Å². The number of rotatable bonds is 3. The summed E-state index contributed by atoms with van der Waals surface area (Å²) in [7, 11) is 0. The fourth-order valence-corrected chi connectivity index (χ4v) is 2.76. The van der Waals surface area contributed by atoms with E-state index < -0.39 is 12.1 Å². The zero-order valence-corrected chi connectivity index (χ0v) is 11.6. The van der Waals surface area contributed by atoms with Crippen LogP contribution in [0.15, 0.2) is 12.1 Å². The van der Waals surface area contributed by atoms with E-state index in [-0.39, 0.29) is 18.3 Å². The number of cyclic esters (lactones) is 1. The van der Waals surface area contributed by atoms with Crippen molar-refractivity contribution in [2.45, 2.75) is 37.9 Å². The Balaban J connectivity index is 2.01. The molecule has 2 atom stereocenters. The lowest BCUT2D eigenvalue weighted by Gasteiger charge is -2.26. The summed E-state index contributed by atoms with van der Waals surface area (Å²) in [6, 6.07) is 2.98. The molecule has 104 valence electrons. The van der Waals surface area contributed by atoms with Crippen LogP contribution in [0.3, 0.4) is 0 Å². The average molecular weight is 305 g/mol. The van der Waals surface area contributed by atoms with Crippen molar-refractivity contribution in [2.24, 2.45) is 0 Å². The number of hydrogen-bond acceptors (Lipinski definition) is 4. The summed E-state index contributed by atoms with van der Waals surface area (Å²) >= 11 is 11.8. The van der Waals surface area contributed by atoms with E-state index >= 15 is 0 Å². The second-order valence-electron chi connectivity index (χ2n) is 4.63. The van der Waals surface area contributed by atoms with Gasteiger partial charge in [0.05, 0.1) is 12.5 Å². The predicted molar refractivity (Wildman–Crippen MR) is 71.6 cm³/mol. The third-order valence-corrected chi connectivity index (χ3v) is 3.64. The Kier molecular flexibility index (Phi) is 4.55. The van der Waals surface area contributed by atoms with E-state index in [0.717, 1.165) is 0 Å². The second-order valence-corrected chi connectivity index (χ2v) is 5.47. The summed E-state index contributed by atoms with van der Waals surface area (Å²) < 4.78 is 5.13. The summed E-state index contributed by atoms with van der Waals surface area (Å²) in [4.78, 5) is 11.2. The highest BCUT2D eigenvalue weighted by molar-refractivity contribution is 6.35. The number of aliphatic hydroxyl groups is 1. The van der Waals surface area contributed by atoms with Gasteiger partial charge < -0.3 is 14.9 Å². The number of carbonyl (C=O) groups is 1. The molecule has 0 aromatic heterocycles. The van der Waals surface area contributed by atoms with Crippen molar-refractivity contribution < 1.29 is 19.7 Å². The van der Waals surface area contributed by atoms with E-state index in [1.165, 1.54) is 6.07 Å². The van der Waals surface area contributed by atoms with Crippen LogP contribution < -0.4 is 0 Å². The van der Waals surface area contributed by atoms with Crippen LogP contribution in [0.1, 0.15) is 24.8 Å². The van der Waals surface area contributed by atoms with Crippen molar-refractivity contribution in [1.29, 1.82) is 0 Å². The molecule has 1 heterocycles. The molecule has 19 heavy (non-hydrogen) atoms. The molecule has 2 N–H and O–H groups in total. The van der Waals surface area contributed by atoms with Crippen LogP contribution in [0.4, 0.5) is 0 Å². The highest BCUT2D eigenvalue weighted by atomic mass is 35.5. The van der Waals surface area contributed by atoms with Crippen molar-refractivity contribution >= 4 is 29.2 Å². The Bertz CT molecular complexity index is 467.